The van der Waals surface area contributed by atoms with E-state index in [2.05, 4.69) is 5.73 Å². The number of aliphatic hydroxyl groups is 1. The van der Waals surface area contributed by atoms with Crippen LogP contribution in [0.2, 0.25) is 0 Å². The highest BCUT2D eigenvalue weighted by atomic mass is 19.3. The highest BCUT2D eigenvalue weighted by Gasteiger charge is 2.47. The fraction of sp³-hybridized carbons (Fsp3) is 0.750. The molecule has 0 bridgehead atoms. The molecule has 0 spiro atoms. The van der Waals surface area contributed by atoms with Gasteiger partial charge in [-0.15, -0.1) is 5.73 Å². The van der Waals surface area contributed by atoms with E-state index < -0.39 is 52.8 Å². The Morgan fingerprint density at radius 1 is 1.13 bits per heavy atom. The Bertz CT molecular complexity index is 677. The van der Waals surface area contributed by atoms with Gasteiger partial charge in [-0.05, 0) is 54.0 Å². The van der Waals surface area contributed by atoms with Gasteiger partial charge in [-0.1, -0.05) is 6.92 Å². The molecule has 31 heavy (non-hydrogen) atoms. The summed E-state index contributed by atoms with van der Waals surface area (Å²) in [4.78, 5) is 35.0. The first kappa shape index (κ1) is 28.5. The lowest BCUT2D eigenvalue weighted by Crippen LogP contribution is -2.46. The number of hydrogen-bond acceptors (Lipinski definition) is 7. The molecule has 11 heteroatoms. The van der Waals surface area contributed by atoms with E-state index in [-0.39, 0.29) is 12.8 Å². The van der Waals surface area contributed by atoms with Crippen LogP contribution in [-0.4, -0.2) is 56.4 Å². The van der Waals surface area contributed by atoms with Crippen LogP contribution in [-0.2, 0) is 9.47 Å². The van der Waals surface area contributed by atoms with Crippen LogP contribution in [0.5, 0.6) is 0 Å². The summed E-state index contributed by atoms with van der Waals surface area (Å²) in [6, 6.07) is -1.82. The van der Waals surface area contributed by atoms with Crippen LogP contribution in [0.15, 0.2) is 18.0 Å². The van der Waals surface area contributed by atoms with E-state index in [0.29, 0.717) is 4.90 Å². The fourth-order valence-corrected chi connectivity index (χ4v) is 2.20. The molecular formula is C20H32F2N2O7. The number of aliphatic hydroxyl groups excluding tert-OH is 1. The van der Waals surface area contributed by atoms with E-state index in [1.165, 1.54) is 0 Å². The van der Waals surface area contributed by atoms with E-state index in [1.807, 2.05) is 0 Å². The van der Waals surface area contributed by atoms with Gasteiger partial charge in [0, 0.05) is 17.8 Å². The van der Waals surface area contributed by atoms with Crippen molar-refractivity contribution in [2.75, 3.05) is 0 Å². The Morgan fingerprint density at radius 3 is 1.94 bits per heavy atom. The number of ether oxygens (including phenoxy) is 2. The van der Waals surface area contributed by atoms with Crippen LogP contribution in [0.25, 0.3) is 0 Å². The van der Waals surface area contributed by atoms with Gasteiger partial charge in [-0.3, -0.25) is 10.1 Å². The molecule has 0 rings (SSSR count). The highest BCUT2D eigenvalue weighted by molar-refractivity contribution is 5.89. The highest BCUT2D eigenvalue weighted by Crippen LogP contribution is 2.28. The lowest BCUT2D eigenvalue weighted by molar-refractivity contribution is -0.541. The Hall–Kier alpha value is -2.52. The number of imide groups is 1. The summed E-state index contributed by atoms with van der Waals surface area (Å²) in [5, 5.41) is 20.7. The molecule has 0 aromatic rings. The third-order valence-electron chi connectivity index (χ3n) is 3.53. The number of hydrogen-bond donors (Lipinski definition) is 1. The molecule has 0 saturated carbocycles. The van der Waals surface area contributed by atoms with Gasteiger partial charge in [-0.2, -0.15) is 4.90 Å². The van der Waals surface area contributed by atoms with Crippen molar-refractivity contribution in [3.8, 4) is 0 Å². The molecule has 2 atom stereocenters. The van der Waals surface area contributed by atoms with Gasteiger partial charge in [0.25, 0.3) is 5.92 Å². The summed E-state index contributed by atoms with van der Waals surface area (Å²) >= 11 is 0. The van der Waals surface area contributed by atoms with Crippen molar-refractivity contribution in [1.82, 2.24) is 4.90 Å². The quantitative estimate of drug-likeness (QED) is 0.324. The van der Waals surface area contributed by atoms with Crippen LogP contribution in [0, 0.1) is 10.1 Å². The minimum atomic E-state index is -3.82. The molecule has 2 amide bonds. The molecular weight excluding hydrogens is 418 g/mol. The number of allylic oxidation sites excluding steroid dienone is 1. The maximum atomic E-state index is 14.2. The average molecular weight is 450 g/mol. The largest absolute Gasteiger partial charge is 0.443 e. The summed E-state index contributed by atoms with van der Waals surface area (Å²) in [7, 11) is 0. The first-order chi connectivity index (χ1) is 13.9. The van der Waals surface area contributed by atoms with Crippen molar-refractivity contribution in [1.29, 1.82) is 0 Å². The lowest BCUT2D eigenvalue weighted by Gasteiger charge is -2.26. The molecule has 0 aliphatic carbocycles. The molecule has 0 heterocycles. The van der Waals surface area contributed by atoms with Crippen molar-refractivity contribution in [2.24, 2.45) is 0 Å². The van der Waals surface area contributed by atoms with Gasteiger partial charge in [0.05, 0.1) is 6.20 Å². The number of alkyl halides is 2. The Balaban J connectivity index is 5.58. The molecule has 0 aromatic carbocycles. The third kappa shape index (κ3) is 10.9. The molecule has 1 N–H and O–H groups in total. The zero-order valence-corrected chi connectivity index (χ0v) is 19.0. The van der Waals surface area contributed by atoms with E-state index in [4.69, 9.17) is 9.47 Å². The van der Waals surface area contributed by atoms with Crippen molar-refractivity contribution in [3.63, 3.8) is 0 Å². The molecule has 0 saturated heterocycles. The summed E-state index contributed by atoms with van der Waals surface area (Å²) in [5.74, 6) is -3.82. The third-order valence-corrected chi connectivity index (χ3v) is 3.53. The average Bonchev–Trinajstić information content (AvgIpc) is 2.55. The Morgan fingerprint density at radius 2 is 1.58 bits per heavy atom. The maximum absolute atomic E-state index is 14.2. The van der Waals surface area contributed by atoms with E-state index in [1.54, 1.807) is 48.5 Å². The maximum Gasteiger partial charge on any atom is 0.424 e. The number of nitro groups is 1. The van der Waals surface area contributed by atoms with Crippen LogP contribution < -0.4 is 0 Å². The van der Waals surface area contributed by atoms with Crippen molar-refractivity contribution >= 4 is 12.2 Å². The number of nitrogens with zero attached hydrogens (tertiary/aromatic N) is 2. The summed E-state index contributed by atoms with van der Waals surface area (Å²) in [6.45, 7) is 11.0. The monoisotopic (exact) mass is 450 g/mol. The first-order valence-corrected chi connectivity index (χ1v) is 9.77. The number of rotatable bonds is 8. The van der Waals surface area contributed by atoms with Gasteiger partial charge in [-0.25, -0.2) is 18.4 Å². The second-order valence-electron chi connectivity index (χ2n) is 8.88. The second kappa shape index (κ2) is 11.2. The molecule has 0 aliphatic rings. The molecule has 0 radical (unpaired) electrons. The zero-order chi connectivity index (χ0) is 24.6. The normalized spacial score (nSPS) is 14.0. The minimum Gasteiger partial charge on any atom is -0.443 e. The van der Waals surface area contributed by atoms with Gasteiger partial charge in [0.15, 0.2) is 6.10 Å². The van der Waals surface area contributed by atoms with E-state index in [0.717, 1.165) is 12.3 Å². The molecule has 0 aromatic heterocycles. The van der Waals surface area contributed by atoms with Crippen LogP contribution in [0.1, 0.15) is 67.7 Å². The predicted molar refractivity (Wildman–Crippen MR) is 108 cm³/mol. The lowest BCUT2D eigenvalue weighted by atomic mass is 9.98. The summed E-state index contributed by atoms with van der Waals surface area (Å²) in [6.07, 6.45) is -4.26. The molecule has 178 valence electrons. The van der Waals surface area contributed by atoms with Gasteiger partial charge in [0.2, 0.25) is 6.04 Å². The fourth-order valence-electron chi connectivity index (χ4n) is 2.20. The summed E-state index contributed by atoms with van der Waals surface area (Å²) < 4.78 is 38.6. The summed E-state index contributed by atoms with van der Waals surface area (Å²) in [5.41, 5.74) is 0.360. The van der Waals surface area contributed by atoms with Gasteiger partial charge >= 0.3 is 12.2 Å². The standard InChI is InChI=1S/C20H32F2N2O7/c1-8-11-14(24(28)29)15(25)20(21,22)12-9-10-13-23(16(26)30-18(2,3)4)17(27)31-19(5,6)7/h9,13-15,25H,8,11-12H2,1-7H3. The predicted octanol–water partition coefficient (Wildman–Crippen LogP) is 4.66. The van der Waals surface area contributed by atoms with Crippen molar-refractivity contribution in [2.45, 2.75) is 97.0 Å². The minimum absolute atomic E-state index is 0.214. The number of amides is 2. The molecule has 2 unspecified atom stereocenters. The first-order valence-electron chi connectivity index (χ1n) is 9.77. The van der Waals surface area contributed by atoms with Crippen LogP contribution >= 0.6 is 0 Å². The number of carbonyl (C=O) groups excluding carboxylic acids is 2. The SMILES string of the molecule is CCCC(C(O)C(F)(F)CC=C=CN(C(=O)OC(C)(C)C)C(=O)OC(C)(C)C)[N+](=O)[O-]. The Kier molecular flexibility index (Phi) is 10.3. The Labute approximate surface area is 180 Å². The van der Waals surface area contributed by atoms with Gasteiger partial charge < -0.3 is 14.6 Å². The van der Waals surface area contributed by atoms with E-state index >= 15 is 0 Å². The van der Waals surface area contributed by atoms with Crippen LogP contribution in [0.3, 0.4) is 0 Å². The number of carbonyl (C=O) groups is 2. The second-order valence-corrected chi connectivity index (χ2v) is 8.88. The number of halogens is 2. The van der Waals surface area contributed by atoms with Crippen molar-refractivity contribution in [3.05, 3.63) is 28.1 Å². The van der Waals surface area contributed by atoms with Crippen molar-refractivity contribution < 1.29 is 37.9 Å². The molecule has 0 aliphatic heterocycles. The van der Waals surface area contributed by atoms with Crippen LogP contribution in [0.4, 0.5) is 18.4 Å². The topological polar surface area (TPSA) is 119 Å². The molecule has 9 nitrogen and oxygen atoms in total. The zero-order valence-electron chi connectivity index (χ0n) is 19.0. The smallest absolute Gasteiger partial charge is 0.424 e. The van der Waals surface area contributed by atoms with Gasteiger partial charge in [0.1, 0.15) is 11.2 Å². The van der Waals surface area contributed by atoms with E-state index in [9.17, 15) is 33.6 Å². The molecule has 0 fully saturated rings.